The summed E-state index contributed by atoms with van der Waals surface area (Å²) in [5, 5.41) is 0. The minimum atomic E-state index is -0.910. The molecule has 2 rings (SSSR count). The van der Waals surface area contributed by atoms with Gasteiger partial charge in [-0.15, -0.1) is 0 Å². The summed E-state index contributed by atoms with van der Waals surface area (Å²) in [6, 6.07) is 9.56. The molecule has 2 aromatic carbocycles. The van der Waals surface area contributed by atoms with Crippen LogP contribution in [0.25, 0.3) is 0 Å². The fraction of sp³-hybridized carbons (Fsp3) is 0.222. The molecule has 0 fully saturated rings. The molecular formula is C18H18O7. The lowest BCUT2D eigenvalue weighted by Crippen LogP contribution is -2.16. The van der Waals surface area contributed by atoms with E-state index in [2.05, 4.69) is 0 Å². The number of carbonyl (C=O) groups excluding carboxylic acids is 2. The highest BCUT2D eigenvalue weighted by Gasteiger charge is 2.26. The summed E-state index contributed by atoms with van der Waals surface area (Å²) in [5.74, 6) is -0.916. The second-order valence-corrected chi connectivity index (χ2v) is 4.75. The molecule has 0 atom stereocenters. The molecule has 0 bridgehead atoms. The standard InChI is InChI=1S/C18H18O7/c1-21-11-7-5-8-12(22-2)15(11)17(19)25-18(20)16-13(23-3)9-6-10-14(16)24-4/h5-10H,1-4H3. The molecule has 7 heteroatoms. The lowest BCUT2D eigenvalue weighted by Gasteiger charge is -2.14. The highest BCUT2D eigenvalue weighted by molar-refractivity contribution is 6.07. The average Bonchev–Trinajstić information content (AvgIpc) is 2.65. The molecule has 0 heterocycles. The van der Waals surface area contributed by atoms with Crippen LogP contribution >= 0.6 is 0 Å². The zero-order chi connectivity index (χ0) is 18.4. The van der Waals surface area contributed by atoms with Gasteiger partial charge in [0, 0.05) is 0 Å². The summed E-state index contributed by atoms with van der Waals surface area (Å²) >= 11 is 0. The highest BCUT2D eigenvalue weighted by Crippen LogP contribution is 2.32. The van der Waals surface area contributed by atoms with Crippen molar-refractivity contribution in [3.8, 4) is 23.0 Å². The van der Waals surface area contributed by atoms with E-state index in [1.54, 1.807) is 36.4 Å². The zero-order valence-electron chi connectivity index (χ0n) is 14.3. The monoisotopic (exact) mass is 346 g/mol. The number of hydrogen-bond donors (Lipinski definition) is 0. The number of carbonyl (C=O) groups is 2. The number of methoxy groups -OCH3 is 4. The Kier molecular flexibility index (Phi) is 5.84. The van der Waals surface area contributed by atoms with Crippen LogP contribution in [0.5, 0.6) is 23.0 Å². The van der Waals surface area contributed by atoms with Crippen LogP contribution < -0.4 is 18.9 Å². The Balaban J connectivity index is 2.39. The molecule has 0 aliphatic carbocycles. The second kappa shape index (κ2) is 8.05. The third-order valence-electron chi connectivity index (χ3n) is 3.45. The SMILES string of the molecule is COc1cccc(OC)c1C(=O)OC(=O)c1c(OC)cccc1OC. The van der Waals surface area contributed by atoms with Crippen molar-refractivity contribution in [2.75, 3.05) is 28.4 Å². The van der Waals surface area contributed by atoms with Gasteiger partial charge in [-0.2, -0.15) is 0 Å². The van der Waals surface area contributed by atoms with E-state index in [1.165, 1.54) is 28.4 Å². The predicted octanol–water partition coefficient (Wildman–Crippen LogP) is 2.72. The Morgan fingerprint density at radius 1 is 0.600 bits per heavy atom. The van der Waals surface area contributed by atoms with Crippen molar-refractivity contribution in [3.63, 3.8) is 0 Å². The molecule has 0 aliphatic heterocycles. The van der Waals surface area contributed by atoms with Crippen LogP contribution in [0.1, 0.15) is 20.7 Å². The van der Waals surface area contributed by atoms with Crippen molar-refractivity contribution in [1.82, 2.24) is 0 Å². The summed E-state index contributed by atoms with van der Waals surface area (Å²) in [4.78, 5) is 25.0. The molecule has 7 nitrogen and oxygen atoms in total. The fourth-order valence-corrected chi connectivity index (χ4v) is 2.29. The number of ether oxygens (including phenoxy) is 5. The van der Waals surface area contributed by atoms with Gasteiger partial charge in [-0.05, 0) is 24.3 Å². The molecule has 0 spiro atoms. The molecule has 132 valence electrons. The summed E-state index contributed by atoms with van der Waals surface area (Å²) in [6.45, 7) is 0. The molecule has 0 radical (unpaired) electrons. The normalized spacial score (nSPS) is 9.92. The van der Waals surface area contributed by atoms with E-state index in [-0.39, 0.29) is 34.1 Å². The van der Waals surface area contributed by atoms with Gasteiger partial charge in [-0.1, -0.05) is 12.1 Å². The third kappa shape index (κ3) is 3.65. The minimum absolute atomic E-state index is 0.00900. The molecule has 0 unspecified atom stereocenters. The number of esters is 2. The molecule has 0 saturated carbocycles. The van der Waals surface area contributed by atoms with Gasteiger partial charge < -0.3 is 23.7 Å². The van der Waals surface area contributed by atoms with Gasteiger partial charge in [0.2, 0.25) is 0 Å². The molecule has 0 amide bonds. The minimum Gasteiger partial charge on any atom is -0.496 e. The van der Waals surface area contributed by atoms with Gasteiger partial charge in [-0.25, -0.2) is 9.59 Å². The van der Waals surface area contributed by atoms with Gasteiger partial charge >= 0.3 is 11.9 Å². The first-order chi connectivity index (χ1) is 12.1. The van der Waals surface area contributed by atoms with Gasteiger partial charge in [0.15, 0.2) is 0 Å². The van der Waals surface area contributed by atoms with Crippen molar-refractivity contribution in [2.24, 2.45) is 0 Å². The van der Waals surface area contributed by atoms with Crippen LogP contribution in [0.4, 0.5) is 0 Å². The van der Waals surface area contributed by atoms with Gasteiger partial charge in [-0.3, -0.25) is 0 Å². The van der Waals surface area contributed by atoms with E-state index in [9.17, 15) is 9.59 Å². The number of hydrogen-bond acceptors (Lipinski definition) is 7. The summed E-state index contributed by atoms with van der Waals surface area (Å²) in [6.07, 6.45) is 0. The Morgan fingerprint density at radius 2 is 0.880 bits per heavy atom. The van der Waals surface area contributed by atoms with Crippen molar-refractivity contribution in [2.45, 2.75) is 0 Å². The Bertz CT molecular complexity index is 673. The quantitative estimate of drug-likeness (QED) is 0.587. The van der Waals surface area contributed by atoms with Crippen molar-refractivity contribution in [1.29, 1.82) is 0 Å². The van der Waals surface area contributed by atoms with Crippen LogP contribution in [0, 0.1) is 0 Å². The lowest BCUT2D eigenvalue weighted by atomic mass is 10.1. The topological polar surface area (TPSA) is 80.3 Å². The second-order valence-electron chi connectivity index (χ2n) is 4.75. The maximum atomic E-state index is 12.5. The molecule has 0 saturated heterocycles. The number of rotatable bonds is 6. The van der Waals surface area contributed by atoms with E-state index in [4.69, 9.17) is 23.7 Å². The van der Waals surface area contributed by atoms with Gasteiger partial charge in [0.25, 0.3) is 0 Å². The van der Waals surface area contributed by atoms with Crippen LogP contribution in [0.15, 0.2) is 36.4 Å². The number of benzene rings is 2. The first-order valence-electron chi connectivity index (χ1n) is 7.25. The van der Waals surface area contributed by atoms with E-state index < -0.39 is 11.9 Å². The molecular weight excluding hydrogens is 328 g/mol. The van der Waals surface area contributed by atoms with E-state index >= 15 is 0 Å². The summed E-state index contributed by atoms with van der Waals surface area (Å²) in [5.41, 5.74) is 0.0180. The molecule has 0 aromatic heterocycles. The van der Waals surface area contributed by atoms with E-state index in [1.807, 2.05) is 0 Å². The summed E-state index contributed by atoms with van der Waals surface area (Å²) < 4.78 is 25.6. The highest BCUT2D eigenvalue weighted by atomic mass is 16.6. The summed E-state index contributed by atoms with van der Waals surface area (Å²) in [7, 11) is 5.60. The van der Waals surface area contributed by atoms with Crippen LogP contribution in [-0.2, 0) is 4.74 Å². The predicted molar refractivity (Wildman–Crippen MR) is 88.8 cm³/mol. The van der Waals surface area contributed by atoms with Gasteiger partial charge in [0.05, 0.1) is 28.4 Å². The van der Waals surface area contributed by atoms with Crippen LogP contribution in [0.3, 0.4) is 0 Å². The first-order valence-corrected chi connectivity index (χ1v) is 7.25. The maximum absolute atomic E-state index is 12.5. The fourth-order valence-electron chi connectivity index (χ4n) is 2.29. The van der Waals surface area contributed by atoms with E-state index in [0.29, 0.717) is 0 Å². The molecule has 0 N–H and O–H groups in total. The smallest absolute Gasteiger partial charge is 0.353 e. The Hall–Kier alpha value is -3.22. The lowest BCUT2D eigenvalue weighted by molar-refractivity contribution is 0.0390. The van der Waals surface area contributed by atoms with Crippen molar-refractivity contribution < 1.29 is 33.3 Å². The molecule has 0 aliphatic rings. The zero-order valence-corrected chi connectivity index (χ0v) is 14.3. The molecule has 2 aromatic rings. The Labute approximate surface area is 145 Å². The Morgan fingerprint density at radius 3 is 1.12 bits per heavy atom. The van der Waals surface area contributed by atoms with Crippen LogP contribution in [0.2, 0.25) is 0 Å². The van der Waals surface area contributed by atoms with Crippen molar-refractivity contribution >= 4 is 11.9 Å². The van der Waals surface area contributed by atoms with Crippen LogP contribution in [-0.4, -0.2) is 40.4 Å². The largest absolute Gasteiger partial charge is 0.496 e. The molecule has 25 heavy (non-hydrogen) atoms. The van der Waals surface area contributed by atoms with Gasteiger partial charge in [0.1, 0.15) is 34.1 Å². The van der Waals surface area contributed by atoms with Crippen molar-refractivity contribution in [3.05, 3.63) is 47.5 Å². The third-order valence-corrected chi connectivity index (χ3v) is 3.45. The maximum Gasteiger partial charge on any atom is 0.353 e. The average molecular weight is 346 g/mol. The first kappa shape index (κ1) is 18.1. The van der Waals surface area contributed by atoms with E-state index in [0.717, 1.165) is 0 Å².